The molecule has 0 spiro atoms. The van der Waals surface area contributed by atoms with Crippen LogP contribution in [0.25, 0.3) is 11.1 Å². The van der Waals surface area contributed by atoms with E-state index in [0.29, 0.717) is 12.0 Å². The van der Waals surface area contributed by atoms with Gasteiger partial charge in [-0.3, -0.25) is 9.35 Å². The van der Waals surface area contributed by atoms with E-state index < -0.39 is 27.6 Å². The van der Waals surface area contributed by atoms with E-state index in [1.54, 1.807) is 11.8 Å². The van der Waals surface area contributed by atoms with Crippen molar-refractivity contribution in [3.63, 3.8) is 0 Å². The van der Waals surface area contributed by atoms with Crippen molar-refractivity contribution >= 4 is 33.8 Å². The molecule has 1 saturated carbocycles. The third kappa shape index (κ3) is 12.6. The van der Waals surface area contributed by atoms with Crippen molar-refractivity contribution in [2.24, 2.45) is 5.92 Å². The van der Waals surface area contributed by atoms with E-state index in [9.17, 15) is 22.8 Å². The van der Waals surface area contributed by atoms with Crippen LogP contribution in [0.15, 0.2) is 42.5 Å². The Labute approximate surface area is 269 Å². The topological polar surface area (TPSA) is 110 Å². The minimum absolute atomic E-state index is 0.243. The van der Waals surface area contributed by atoms with Crippen LogP contribution in [0.5, 0.6) is 0 Å². The van der Waals surface area contributed by atoms with Crippen molar-refractivity contribution in [2.75, 3.05) is 39.8 Å². The highest BCUT2D eigenvalue weighted by atomic mass is 32.2. The van der Waals surface area contributed by atoms with Gasteiger partial charge in [0.15, 0.2) is 0 Å². The van der Waals surface area contributed by atoms with Crippen LogP contribution in [0, 0.1) is 12.8 Å². The Balaban J connectivity index is 0.000000777. The zero-order chi connectivity index (χ0) is 33.8. The van der Waals surface area contributed by atoms with Crippen LogP contribution in [-0.4, -0.2) is 80.6 Å². The monoisotopic (exact) mass is 675 g/mol. The first-order valence-electron chi connectivity index (χ1n) is 14.9. The van der Waals surface area contributed by atoms with E-state index in [1.807, 2.05) is 24.5 Å². The average molecular weight is 676 g/mol. The zero-order valence-electron chi connectivity index (χ0n) is 26.7. The Morgan fingerprint density at radius 3 is 2.27 bits per heavy atom. The molecule has 45 heavy (non-hydrogen) atoms. The lowest BCUT2D eigenvalue weighted by atomic mass is 9.87. The molecule has 1 aliphatic rings. The number of carbonyl (C=O) groups is 2. The average Bonchev–Trinajstić information content (AvgIpc) is 2.97. The number of methoxy groups -OCH3 is 1. The molecule has 0 unspecified atom stereocenters. The van der Waals surface area contributed by atoms with Gasteiger partial charge in [0.1, 0.15) is 12.6 Å². The number of carbonyl (C=O) groups excluding carboxylic acids is 2. The lowest BCUT2D eigenvalue weighted by Crippen LogP contribution is -2.42. The van der Waals surface area contributed by atoms with Gasteiger partial charge in [0.25, 0.3) is 5.91 Å². The van der Waals surface area contributed by atoms with Crippen LogP contribution in [0.4, 0.5) is 13.2 Å². The summed E-state index contributed by atoms with van der Waals surface area (Å²) in [7, 11) is 0.141. The lowest BCUT2D eigenvalue weighted by Gasteiger charge is -2.32. The number of nitrogens with one attached hydrogen (secondary N) is 1. The molecule has 3 rings (SSSR count). The number of thioether (sulfide) groups is 1. The van der Waals surface area contributed by atoms with Gasteiger partial charge in [-0.2, -0.15) is 33.4 Å². The summed E-state index contributed by atoms with van der Waals surface area (Å²) in [4.78, 5) is 25.8. The van der Waals surface area contributed by atoms with Gasteiger partial charge in [0.2, 0.25) is 0 Å². The van der Waals surface area contributed by atoms with E-state index in [2.05, 4.69) is 50.6 Å². The maximum atomic E-state index is 13.5. The molecule has 0 heterocycles. The molecule has 1 atom stereocenters. The molecule has 0 aliphatic heterocycles. The van der Waals surface area contributed by atoms with Crippen molar-refractivity contribution < 1.29 is 45.0 Å². The van der Waals surface area contributed by atoms with Gasteiger partial charge in [-0.15, -0.1) is 0 Å². The molecule has 2 aromatic carbocycles. The minimum Gasteiger partial charge on any atom is -0.467 e. The molecule has 0 aromatic heterocycles. The van der Waals surface area contributed by atoms with E-state index in [4.69, 9.17) is 17.7 Å². The number of hydrogen-bond acceptors (Lipinski definition) is 6. The SMILES string of the molecule is COC(=O)[C@H](CCSC)NC(=O)c1ccc(C[N+](C)(C)CCC2CCCCC2)cc1-c1ccccc1C.O=S(=O)(O)C(F)(F)F. The number of amides is 1. The number of hydrogen-bond donors (Lipinski definition) is 2. The maximum absolute atomic E-state index is 13.5. The van der Waals surface area contributed by atoms with E-state index in [0.717, 1.165) is 45.9 Å². The number of halogens is 3. The van der Waals surface area contributed by atoms with Crippen LogP contribution < -0.4 is 5.32 Å². The second-order valence-electron chi connectivity index (χ2n) is 12.1. The van der Waals surface area contributed by atoms with Gasteiger partial charge >= 0.3 is 21.6 Å². The van der Waals surface area contributed by atoms with Gasteiger partial charge in [0, 0.05) is 11.1 Å². The van der Waals surface area contributed by atoms with E-state index in [-0.39, 0.29) is 5.91 Å². The van der Waals surface area contributed by atoms with Gasteiger partial charge in [-0.05, 0) is 66.5 Å². The first-order chi connectivity index (χ1) is 21.0. The highest BCUT2D eigenvalue weighted by Gasteiger charge is 2.44. The Morgan fingerprint density at radius 1 is 1.09 bits per heavy atom. The predicted molar refractivity (Wildman–Crippen MR) is 172 cm³/mol. The molecule has 1 fully saturated rings. The van der Waals surface area contributed by atoms with Crippen molar-refractivity contribution in [1.82, 2.24) is 5.32 Å². The molecule has 2 N–H and O–H groups in total. The van der Waals surface area contributed by atoms with Gasteiger partial charge in [0.05, 0.1) is 27.7 Å². The van der Waals surface area contributed by atoms with Gasteiger partial charge in [-0.25, -0.2) is 4.79 Å². The smallest absolute Gasteiger partial charge is 0.467 e. The van der Waals surface area contributed by atoms with Crippen LogP contribution in [0.3, 0.4) is 0 Å². The van der Waals surface area contributed by atoms with Crippen molar-refractivity contribution in [3.05, 3.63) is 59.2 Å². The molecule has 13 heteroatoms. The van der Waals surface area contributed by atoms with Gasteiger partial charge in [-0.1, -0.05) is 62.4 Å². The number of aryl methyl sites for hydroxylation is 1. The number of rotatable bonds is 12. The summed E-state index contributed by atoms with van der Waals surface area (Å²) in [5, 5.41) is 2.94. The summed E-state index contributed by atoms with van der Waals surface area (Å²) in [5.41, 5.74) is -0.660. The highest BCUT2D eigenvalue weighted by Crippen LogP contribution is 2.31. The predicted octanol–water partition coefficient (Wildman–Crippen LogP) is 6.63. The second-order valence-corrected chi connectivity index (χ2v) is 14.5. The van der Waals surface area contributed by atoms with Crippen LogP contribution in [0.1, 0.15) is 66.4 Å². The number of benzene rings is 2. The summed E-state index contributed by atoms with van der Waals surface area (Å²) in [6.07, 6.45) is 10.7. The molecule has 0 radical (unpaired) electrons. The van der Waals surface area contributed by atoms with Crippen LogP contribution in [0.2, 0.25) is 0 Å². The Kier molecular flexibility index (Phi) is 14.9. The fourth-order valence-electron chi connectivity index (χ4n) is 5.43. The van der Waals surface area contributed by atoms with Crippen molar-refractivity contribution in [1.29, 1.82) is 0 Å². The summed E-state index contributed by atoms with van der Waals surface area (Å²) < 4.78 is 63.4. The molecule has 0 bridgehead atoms. The van der Waals surface area contributed by atoms with Crippen LogP contribution >= 0.6 is 11.8 Å². The largest absolute Gasteiger partial charge is 0.522 e. The number of alkyl halides is 3. The summed E-state index contributed by atoms with van der Waals surface area (Å²) in [5.74, 6) is 0.978. The van der Waals surface area contributed by atoms with Gasteiger partial charge < -0.3 is 14.5 Å². The van der Waals surface area contributed by atoms with E-state index in [1.165, 1.54) is 51.2 Å². The zero-order valence-corrected chi connectivity index (χ0v) is 28.3. The number of quaternary nitrogens is 1. The van der Waals surface area contributed by atoms with Crippen molar-refractivity contribution in [2.45, 2.75) is 70.0 Å². The first-order valence-corrected chi connectivity index (χ1v) is 17.7. The maximum Gasteiger partial charge on any atom is 0.522 e. The fraction of sp³-hybridized carbons (Fsp3) is 0.562. The number of esters is 1. The third-order valence-electron chi connectivity index (χ3n) is 7.94. The lowest BCUT2D eigenvalue weighted by molar-refractivity contribution is -0.904. The van der Waals surface area contributed by atoms with Crippen molar-refractivity contribution in [3.8, 4) is 11.1 Å². The fourth-order valence-corrected chi connectivity index (χ4v) is 5.90. The van der Waals surface area contributed by atoms with Crippen LogP contribution in [-0.2, 0) is 26.2 Å². The minimum atomic E-state index is -5.84. The number of nitrogens with zero attached hydrogens (tertiary/aromatic N) is 1. The molecule has 8 nitrogen and oxygen atoms in total. The number of ether oxygens (including phenoxy) is 1. The summed E-state index contributed by atoms with van der Waals surface area (Å²) in [6, 6.07) is 13.7. The molecule has 0 saturated heterocycles. The molecule has 1 aliphatic carbocycles. The standard InChI is InChI=1S/C31H44N2O3S.CHF3O3S/c1-23-11-9-10-14-26(23)28-21-25(22-33(2,3)19-17-24-12-7-6-8-13-24)15-16-27(28)30(34)32-29(18-20-37-5)31(35)36-4;2-1(3,4)8(5,6)7/h9-11,14-16,21,24,29H,6-8,12-13,17-20,22H2,1-5H3;(H,5,6,7)/p+1/t29-;/m0./s1. The van der Waals surface area contributed by atoms with E-state index >= 15 is 0 Å². The Bertz CT molecular complexity index is 1380. The molecule has 1 amide bonds. The summed E-state index contributed by atoms with van der Waals surface area (Å²) >= 11 is 1.64. The molecular weight excluding hydrogens is 629 g/mol. The first kappa shape index (κ1) is 38.6. The Hall–Kier alpha value is -2.61. The second kappa shape index (κ2) is 17.3. The summed E-state index contributed by atoms with van der Waals surface area (Å²) in [6.45, 7) is 4.14. The molecule has 252 valence electrons. The highest BCUT2D eigenvalue weighted by molar-refractivity contribution is 7.98. The molecule has 2 aromatic rings. The quantitative estimate of drug-likeness (QED) is 0.113. The Morgan fingerprint density at radius 2 is 1.71 bits per heavy atom. The normalized spacial score (nSPS) is 15.0. The third-order valence-corrected chi connectivity index (χ3v) is 9.16. The molecular formula is C32H46F3N2O6S2+.